The highest BCUT2D eigenvalue weighted by Gasteiger charge is 2.24. The van der Waals surface area contributed by atoms with Crippen molar-refractivity contribution < 1.29 is 5.11 Å². The Kier molecular flexibility index (Phi) is 4.64. The summed E-state index contributed by atoms with van der Waals surface area (Å²) in [6, 6.07) is 8.23. The molecule has 1 aromatic rings. The van der Waals surface area contributed by atoms with Gasteiger partial charge in [-0.3, -0.25) is 0 Å². The van der Waals surface area contributed by atoms with Crippen LogP contribution in [-0.2, 0) is 0 Å². The highest BCUT2D eigenvalue weighted by molar-refractivity contribution is 5.23. The molecule has 1 N–H and O–H groups in total. The second-order valence-corrected chi connectivity index (χ2v) is 6.74. The largest absolute Gasteiger partial charge is 0.387 e. The predicted molar refractivity (Wildman–Crippen MR) is 80.2 cm³/mol. The van der Waals surface area contributed by atoms with Crippen molar-refractivity contribution in [3.05, 3.63) is 35.4 Å². The van der Waals surface area contributed by atoms with Crippen molar-refractivity contribution in [3.63, 3.8) is 0 Å². The maximum atomic E-state index is 10.3. The summed E-state index contributed by atoms with van der Waals surface area (Å²) in [5.41, 5.74) is 2.74. The van der Waals surface area contributed by atoms with E-state index in [0.717, 1.165) is 25.2 Å². The summed E-state index contributed by atoms with van der Waals surface area (Å²) in [6.45, 7) is 9.77. The molecule has 0 aliphatic carbocycles. The zero-order valence-corrected chi connectivity index (χ0v) is 12.5. The molecule has 1 heterocycles. The van der Waals surface area contributed by atoms with E-state index in [9.17, 15) is 5.11 Å². The lowest BCUT2D eigenvalue weighted by molar-refractivity contribution is 0.113. The molecule has 2 rings (SSSR count). The van der Waals surface area contributed by atoms with E-state index in [0.29, 0.717) is 5.41 Å². The fraction of sp³-hybridized carbons (Fsp3) is 0.647. The van der Waals surface area contributed by atoms with Crippen LogP contribution in [0.4, 0.5) is 0 Å². The van der Waals surface area contributed by atoms with Crippen molar-refractivity contribution in [2.24, 2.45) is 5.41 Å². The number of hydrogen-bond acceptors (Lipinski definition) is 2. The number of aliphatic hydroxyl groups excluding tert-OH is 1. The van der Waals surface area contributed by atoms with Crippen LogP contribution in [0.1, 0.15) is 50.3 Å². The van der Waals surface area contributed by atoms with Crippen LogP contribution in [0.25, 0.3) is 0 Å². The number of nitrogens with zero attached hydrogens (tertiary/aromatic N) is 1. The molecule has 1 aliphatic heterocycles. The van der Waals surface area contributed by atoms with E-state index in [1.54, 1.807) is 0 Å². The monoisotopic (exact) mass is 261 g/mol. The van der Waals surface area contributed by atoms with Crippen LogP contribution in [0.5, 0.6) is 0 Å². The third kappa shape index (κ3) is 4.32. The van der Waals surface area contributed by atoms with E-state index in [1.807, 2.05) is 12.1 Å². The molecule has 1 fully saturated rings. The molecule has 1 unspecified atom stereocenters. The highest BCUT2D eigenvalue weighted by Crippen LogP contribution is 2.30. The Morgan fingerprint density at radius 2 is 1.84 bits per heavy atom. The van der Waals surface area contributed by atoms with Crippen LogP contribution in [0, 0.1) is 12.3 Å². The van der Waals surface area contributed by atoms with Crippen LogP contribution in [-0.4, -0.2) is 29.6 Å². The van der Waals surface area contributed by atoms with E-state index in [2.05, 4.69) is 37.8 Å². The molecule has 0 saturated carbocycles. The van der Waals surface area contributed by atoms with Gasteiger partial charge in [0.1, 0.15) is 0 Å². The van der Waals surface area contributed by atoms with Crippen molar-refractivity contribution in [2.75, 3.05) is 19.6 Å². The molecule has 2 heteroatoms. The first-order valence-corrected chi connectivity index (χ1v) is 7.43. The molecule has 0 amide bonds. The number of aliphatic hydroxyl groups is 1. The van der Waals surface area contributed by atoms with Crippen molar-refractivity contribution >= 4 is 0 Å². The Bertz CT molecular complexity index is 396. The van der Waals surface area contributed by atoms with Gasteiger partial charge in [-0.05, 0) is 50.3 Å². The van der Waals surface area contributed by atoms with E-state index >= 15 is 0 Å². The fourth-order valence-corrected chi connectivity index (χ4v) is 2.80. The number of β-amino-alcohol motifs (C(OH)–C–C–N with tert-alkyl or cyclic N) is 1. The SMILES string of the molecule is Cc1ccc(C(O)CN2CCCC(C)(C)CC2)cc1. The second kappa shape index (κ2) is 6.06. The molecule has 0 radical (unpaired) electrons. The lowest BCUT2D eigenvalue weighted by atomic mass is 9.85. The summed E-state index contributed by atoms with van der Waals surface area (Å²) in [7, 11) is 0. The number of hydrogen-bond donors (Lipinski definition) is 1. The molecule has 19 heavy (non-hydrogen) atoms. The molecule has 1 aromatic carbocycles. The van der Waals surface area contributed by atoms with Gasteiger partial charge in [-0.2, -0.15) is 0 Å². The van der Waals surface area contributed by atoms with Gasteiger partial charge >= 0.3 is 0 Å². The minimum absolute atomic E-state index is 0.359. The summed E-state index contributed by atoms with van der Waals surface area (Å²) >= 11 is 0. The molecular weight excluding hydrogens is 234 g/mol. The van der Waals surface area contributed by atoms with Gasteiger partial charge < -0.3 is 10.0 Å². The van der Waals surface area contributed by atoms with Crippen molar-refractivity contribution in [2.45, 2.75) is 46.1 Å². The van der Waals surface area contributed by atoms with Gasteiger partial charge in [0.05, 0.1) is 6.10 Å². The number of benzene rings is 1. The summed E-state index contributed by atoms with van der Waals surface area (Å²) in [4.78, 5) is 2.42. The van der Waals surface area contributed by atoms with Crippen LogP contribution in [0.3, 0.4) is 0 Å². The molecule has 1 aliphatic rings. The van der Waals surface area contributed by atoms with Gasteiger partial charge in [0.25, 0.3) is 0 Å². The zero-order valence-electron chi connectivity index (χ0n) is 12.5. The Balaban J connectivity index is 1.91. The lowest BCUT2D eigenvalue weighted by Crippen LogP contribution is -2.30. The molecule has 1 atom stereocenters. The average molecular weight is 261 g/mol. The number of rotatable bonds is 3. The van der Waals surface area contributed by atoms with Crippen LogP contribution < -0.4 is 0 Å². The first-order chi connectivity index (χ1) is 8.96. The average Bonchev–Trinajstić information content (AvgIpc) is 2.52. The summed E-state index contributed by atoms with van der Waals surface area (Å²) < 4.78 is 0. The Morgan fingerprint density at radius 3 is 2.53 bits per heavy atom. The van der Waals surface area contributed by atoms with Gasteiger partial charge in [0, 0.05) is 6.54 Å². The summed E-state index contributed by atoms with van der Waals surface area (Å²) in [5.74, 6) is 0. The maximum absolute atomic E-state index is 10.3. The third-order valence-corrected chi connectivity index (χ3v) is 4.33. The molecule has 0 bridgehead atoms. The molecule has 106 valence electrons. The molecular formula is C17H27NO. The van der Waals surface area contributed by atoms with E-state index in [-0.39, 0.29) is 6.10 Å². The van der Waals surface area contributed by atoms with E-state index in [1.165, 1.54) is 24.8 Å². The minimum Gasteiger partial charge on any atom is -0.387 e. The van der Waals surface area contributed by atoms with E-state index < -0.39 is 0 Å². The standard InChI is InChI=1S/C17H27NO/c1-14-5-7-15(8-6-14)16(19)13-18-11-4-9-17(2,3)10-12-18/h5-8,16,19H,4,9-13H2,1-3H3. The zero-order chi connectivity index (χ0) is 13.9. The third-order valence-electron chi connectivity index (χ3n) is 4.33. The van der Waals surface area contributed by atoms with Crippen LogP contribution in [0.2, 0.25) is 0 Å². The van der Waals surface area contributed by atoms with Crippen LogP contribution >= 0.6 is 0 Å². The van der Waals surface area contributed by atoms with Gasteiger partial charge in [-0.15, -0.1) is 0 Å². The Morgan fingerprint density at radius 1 is 1.16 bits per heavy atom. The topological polar surface area (TPSA) is 23.5 Å². The first kappa shape index (κ1) is 14.5. The Labute approximate surface area is 117 Å². The summed E-state index contributed by atoms with van der Waals surface area (Å²) in [5, 5.41) is 10.3. The van der Waals surface area contributed by atoms with Crippen LogP contribution in [0.15, 0.2) is 24.3 Å². The Hall–Kier alpha value is -0.860. The molecule has 2 nitrogen and oxygen atoms in total. The molecule has 0 spiro atoms. The lowest BCUT2D eigenvalue weighted by Gasteiger charge is -2.25. The van der Waals surface area contributed by atoms with Crippen molar-refractivity contribution in [1.82, 2.24) is 4.90 Å². The number of likely N-dealkylation sites (tertiary alicyclic amines) is 1. The van der Waals surface area contributed by atoms with E-state index in [4.69, 9.17) is 0 Å². The number of aryl methyl sites for hydroxylation is 1. The molecule has 0 aromatic heterocycles. The minimum atomic E-state index is -0.359. The smallest absolute Gasteiger partial charge is 0.0916 e. The van der Waals surface area contributed by atoms with Gasteiger partial charge in [-0.25, -0.2) is 0 Å². The van der Waals surface area contributed by atoms with Gasteiger partial charge in [-0.1, -0.05) is 43.7 Å². The summed E-state index contributed by atoms with van der Waals surface area (Å²) in [6.07, 6.45) is 3.41. The van der Waals surface area contributed by atoms with Crippen molar-refractivity contribution in [3.8, 4) is 0 Å². The van der Waals surface area contributed by atoms with Crippen molar-refractivity contribution in [1.29, 1.82) is 0 Å². The predicted octanol–water partition coefficient (Wildman–Crippen LogP) is 3.54. The highest BCUT2D eigenvalue weighted by atomic mass is 16.3. The maximum Gasteiger partial charge on any atom is 0.0916 e. The van der Waals surface area contributed by atoms with Gasteiger partial charge in [0.15, 0.2) is 0 Å². The van der Waals surface area contributed by atoms with Gasteiger partial charge in [0.2, 0.25) is 0 Å². The quantitative estimate of drug-likeness (QED) is 0.899. The first-order valence-electron chi connectivity index (χ1n) is 7.43. The fourth-order valence-electron chi connectivity index (χ4n) is 2.80. The molecule has 1 saturated heterocycles. The second-order valence-electron chi connectivity index (χ2n) is 6.74. The normalized spacial score (nSPS) is 21.9.